The number of halogens is 1. The fourth-order valence-corrected chi connectivity index (χ4v) is 1.67. The van der Waals surface area contributed by atoms with Gasteiger partial charge in [-0.05, 0) is 12.1 Å². The van der Waals surface area contributed by atoms with Crippen LogP contribution in [0.5, 0.6) is 0 Å². The van der Waals surface area contributed by atoms with Crippen LogP contribution in [0.2, 0.25) is 5.02 Å². The van der Waals surface area contributed by atoms with E-state index in [2.05, 4.69) is 4.98 Å². The van der Waals surface area contributed by atoms with Crippen LogP contribution < -0.4 is 4.90 Å². The number of hydrogen-bond donors (Lipinski definition) is 1. The zero-order valence-corrected chi connectivity index (χ0v) is 11.2. The third-order valence-corrected chi connectivity index (χ3v) is 2.72. The number of ether oxygens (including phenoxy) is 1. The zero-order chi connectivity index (χ0) is 14.3. The van der Waals surface area contributed by atoms with Gasteiger partial charge in [-0.15, -0.1) is 0 Å². The molecule has 1 rings (SSSR count). The summed E-state index contributed by atoms with van der Waals surface area (Å²) in [4.78, 5) is 16.8. The zero-order valence-electron chi connectivity index (χ0n) is 10.5. The van der Waals surface area contributed by atoms with E-state index in [1.165, 1.54) is 6.07 Å². The largest absolute Gasteiger partial charge is 0.476 e. The van der Waals surface area contributed by atoms with E-state index in [0.29, 0.717) is 31.9 Å². The lowest BCUT2D eigenvalue weighted by molar-refractivity contribution is 0.0691. The van der Waals surface area contributed by atoms with Crippen molar-refractivity contribution >= 4 is 23.4 Å². The van der Waals surface area contributed by atoms with Gasteiger partial charge < -0.3 is 14.7 Å². The van der Waals surface area contributed by atoms with E-state index in [-0.39, 0.29) is 10.7 Å². The lowest BCUT2D eigenvalue weighted by atomic mass is 10.3. The summed E-state index contributed by atoms with van der Waals surface area (Å²) in [5, 5.41) is 17.7. The third-order valence-electron chi connectivity index (χ3n) is 2.42. The highest BCUT2D eigenvalue weighted by atomic mass is 35.5. The second-order valence-corrected chi connectivity index (χ2v) is 4.10. The van der Waals surface area contributed by atoms with E-state index >= 15 is 0 Å². The minimum Gasteiger partial charge on any atom is -0.476 e. The van der Waals surface area contributed by atoms with Crippen LogP contribution in [-0.2, 0) is 4.74 Å². The monoisotopic (exact) mass is 283 g/mol. The van der Waals surface area contributed by atoms with Gasteiger partial charge in [0.2, 0.25) is 0 Å². The van der Waals surface area contributed by atoms with Crippen LogP contribution in [0, 0.1) is 11.3 Å². The lowest BCUT2D eigenvalue weighted by Gasteiger charge is -2.22. The van der Waals surface area contributed by atoms with Gasteiger partial charge >= 0.3 is 5.97 Å². The molecule has 102 valence electrons. The first-order chi connectivity index (χ1) is 9.10. The topological polar surface area (TPSA) is 86.5 Å². The first-order valence-corrected chi connectivity index (χ1v) is 5.98. The molecule has 0 aliphatic heterocycles. The molecule has 0 radical (unpaired) electrons. The minimum atomic E-state index is -1.18. The van der Waals surface area contributed by atoms with Crippen molar-refractivity contribution in [2.45, 2.75) is 6.42 Å². The molecule has 0 spiro atoms. The summed E-state index contributed by atoms with van der Waals surface area (Å²) in [5.41, 5.74) is -0.196. The number of rotatable bonds is 7. The molecular formula is C12H14ClN3O3. The fourth-order valence-electron chi connectivity index (χ4n) is 1.49. The molecule has 0 saturated heterocycles. The maximum absolute atomic E-state index is 11.0. The first kappa shape index (κ1) is 15.2. The van der Waals surface area contributed by atoms with Gasteiger partial charge in [-0.2, -0.15) is 5.26 Å². The van der Waals surface area contributed by atoms with E-state index in [1.54, 1.807) is 18.1 Å². The Morgan fingerprint density at radius 2 is 2.32 bits per heavy atom. The van der Waals surface area contributed by atoms with E-state index in [4.69, 9.17) is 26.7 Å². The Kier molecular flexibility index (Phi) is 6.06. The maximum Gasteiger partial charge on any atom is 0.356 e. The van der Waals surface area contributed by atoms with Crippen LogP contribution in [0.15, 0.2) is 12.1 Å². The molecule has 0 aliphatic carbocycles. The third kappa shape index (κ3) is 4.39. The maximum atomic E-state index is 11.0. The molecule has 1 aromatic heterocycles. The van der Waals surface area contributed by atoms with Crippen molar-refractivity contribution in [1.82, 2.24) is 4.98 Å². The molecule has 0 atom stereocenters. The summed E-state index contributed by atoms with van der Waals surface area (Å²) in [6, 6.07) is 5.15. The normalized spacial score (nSPS) is 9.95. The number of hydrogen-bond acceptors (Lipinski definition) is 5. The fraction of sp³-hybridized carbons (Fsp3) is 0.417. The van der Waals surface area contributed by atoms with Gasteiger partial charge in [0.05, 0.1) is 24.1 Å². The first-order valence-electron chi connectivity index (χ1n) is 5.60. The van der Waals surface area contributed by atoms with Gasteiger partial charge in [-0.25, -0.2) is 9.78 Å². The molecular weight excluding hydrogens is 270 g/mol. The van der Waals surface area contributed by atoms with Gasteiger partial charge in [0.25, 0.3) is 0 Å². The van der Waals surface area contributed by atoms with Gasteiger partial charge in [0.1, 0.15) is 5.82 Å². The second-order valence-electron chi connectivity index (χ2n) is 3.69. The number of pyridine rings is 1. The van der Waals surface area contributed by atoms with Crippen LogP contribution in [0.25, 0.3) is 0 Å². The lowest BCUT2D eigenvalue weighted by Crippen LogP contribution is -2.29. The number of anilines is 1. The van der Waals surface area contributed by atoms with Gasteiger partial charge in [-0.1, -0.05) is 11.6 Å². The highest BCUT2D eigenvalue weighted by Crippen LogP contribution is 2.19. The molecule has 1 heterocycles. The SMILES string of the molecule is COCCN(CCC#N)c1ccc(Cl)c(C(=O)O)n1. The second kappa shape index (κ2) is 7.56. The average Bonchev–Trinajstić information content (AvgIpc) is 2.39. The summed E-state index contributed by atoms with van der Waals surface area (Å²) in [6.07, 6.45) is 0.316. The Hall–Kier alpha value is -1.84. The quantitative estimate of drug-likeness (QED) is 0.821. The predicted octanol–water partition coefficient (Wildman–Crippen LogP) is 1.80. The molecule has 0 amide bonds. The minimum absolute atomic E-state index is 0.0863. The number of carboxylic acids is 1. The number of aromatic carboxylic acids is 1. The Morgan fingerprint density at radius 3 is 2.89 bits per heavy atom. The number of nitriles is 1. The summed E-state index contributed by atoms with van der Waals surface area (Å²) >= 11 is 5.77. The summed E-state index contributed by atoms with van der Waals surface area (Å²) < 4.78 is 4.98. The number of nitrogens with zero attached hydrogens (tertiary/aromatic N) is 3. The smallest absolute Gasteiger partial charge is 0.356 e. The van der Waals surface area contributed by atoms with Gasteiger partial charge in [-0.3, -0.25) is 0 Å². The highest BCUT2D eigenvalue weighted by molar-refractivity contribution is 6.33. The van der Waals surface area contributed by atoms with Crippen molar-refractivity contribution in [3.05, 3.63) is 22.8 Å². The average molecular weight is 284 g/mol. The molecule has 0 fully saturated rings. The number of methoxy groups -OCH3 is 1. The van der Waals surface area contributed by atoms with E-state index in [0.717, 1.165) is 0 Å². The van der Waals surface area contributed by atoms with Crippen molar-refractivity contribution in [2.75, 3.05) is 31.7 Å². The van der Waals surface area contributed by atoms with Crippen LogP contribution in [0.4, 0.5) is 5.82 Å². The van der Waals surface area contributed by atoms with Crippen LogP contribution in [0.3, 0.4) is 0 Å². The summed E-state index contributed by atoms with van der Waals surface area (Å²) in [7, 11) is 1.57. The standard InChI is InChI=1S/C12H14ClN3O3/c1-19-8-7-16(6-2-5-14)10-4-3-9(13)11(15-10)12(17)18/h3-4H,2,6-8H2,1H3,(H,17,18). The molecule has 7 heteroatoms. The molecule has 0 bridgehead atoms. The van der Waals surface area contributed by atoms with Crippen molar-refractivity contribution in [1.29, 1.82) is 5.26 Å². The Labute approximate surface area is 116 Å². The van der Waals surface area contributed by atoms with Crippen LogP contribution >= 0.6 is 11.6 Å². The molecule has 6 nitrogen and oxygen atoms in total. The Morgan fingerprint density at radius 1 is 1.58 bits per heavy atom. The molecule has 1 aromatic rings. The molecule has 0 saturated carbocycles. The molecule has 0 aliphatic rings. The van der Waals surface area contributed by atoms with Gasteiger partial charge in [0.15, 0.2) is 5.69 Å². The summed E-state index contributed by atoms with van der Waals surface area (Å²) in [5.74, 6) is -0.715. The van der Waals surface area contributed by atoms with Crippen molar-refractivity contribution in [3.63, 3.8) is 0 Å². The number of aromatic nitrogens is 1. The Bertz CT molecular complexity index is 488. The Balaban J connectivity index is 2.97. The molecule has 0 aromatic carbocycles. The molecule has 0 unspecified atom stereocenters. The van der Waals surface area contributed by atoms with E-state index in [9.17, 15) is 4.79 Å². The predicted molar refractivity (Wildman–Crippen MR) is 70.5 cm³/mol. The van der Waals surface area contributed by atoms with E-state index in [1.807, 2.05) is 6.07 Å². The van der Waals surface area contributed by atoms with Crippen molar-refractivity contribution in [2.24, 2.45) is 0 Å². The highest BCUT2D eigenvalue weighted by Gasteiger charge is 2.15. The number of carboxylic acid groups (broad SMARTS) is 1. The van der Waals surface area contributed by atoms with E-state index < -0.39 is 5.97 Å². The molecule has 19 heavy (non-hydrogen) atoms. The molecule has 1 N–H and O–H groups in total. The van der Waals surface area contributed by atoms with Crippen molar-refractivity contribution < 1.29 is 14.6 Å². The number of carbonyl (C=O) groups is 1. The van der Waals surface area contributed by atoms with Gasteiger partial charge in [0, 0.05) is 20.2 Å². The van der Waals surface area contributed by atoms with Crippen LogP contribution in [0.1, 0.15) is 16.9 Å². The van der Waals surface area contributed by atoms with Crippen molar-refractivity contribution in [3.8, 4) is 6.07 Å². The van der Waals surface area contributed by atoms with Crippen LogP contribution in [-0.4, -0.2) is 42.9 Å². The summed E-state index contributed by atoms with van der Waals surface area (Å²) in [6.45, 7) is 1.43.